The molecule has 1 N–H and O–H groups in total. The fourth-order valence-electron chi connectivity index (χ4n) is 2.01. The summed E-state index contributed by atoms with van der Waals surface area (Å²) in [7, 11) is 1.93. The minimum atomic E-state index is -0.264. The van der Waals surface area contributed by atoms with Gasteiger partial charge < -0.3 is 5.32 Å². The molecule has 1 unspecified atom stereocenters. The summed E-state index contributed by atoms with van der Waals surface area (Å²) in [6.07, 6.45) is 0. The number of carbonyl (C=O) groups is 1. The second-order valence-corrected chi connectivity index (χ2v) is 6.51. The van der Waals surface area contributed by atoms with Gasteiger partial charge in [-0.15, -0.1) is 0 Å². The van der Waals surface area contributed by atoms with Crippen LogP contribution in [0, 0.1) is 0 Å². The lowest BCUT2D eigenvalue weighted by atomic mass is 10.2. The van der Waals surface area contributed by atoms with Gasteiger partial charge in [-0.05, 0) is 43.8 Å². The maximum atomic E-state index is 12.3. The number of likely N-dealkylation sites (N-methyl/N-ethyl adjacent to an activating group) is 1. The standard InChI is InChI=1S/C17H18BrClN2O/c1-12(17(22)20-16-6-4-3-5-15(16)19)21(2)11-13-7-9-14(18)10-8-13/h3-10,12H,11H2,1-2H3,(H,20,22). The predicted molar refractivity (Wildman–Crippen MR) is 95.2 cm³/mol. The zero-order valence-corrected chi connectivity index (χ0v) is 14.9. The molecule has 0 bridgehead atoms. The van der Waals surface area contributed by atoms with Gasteiger partial charge in [0.25, 0.3) is 0 Å². The minimum Gasteiger partial charge on any atom is -0.323 e. The number of hydrogen-bond donors (Lipinski definition) is 1. The van der Waals surface area contributed by atoms with Gasteiger partial charge in [-0.3, -0.25) is 9.69 Å². The summed E-state index contributed by atoms with van der Waals surface area (Å²) >= 11 is 9.48. The maximum Gasteiger partial charge on any atom is 0.241 e. The highest BCUT2D eigenvalue weighted by atomic mass is 79.9. The van der Waals surface area contributed by atoms with E-state index in [1.54, 1.807) is 12.1 Å². The van der Waals surface area contributed by atoms with Crippen LogP contribution in [-0.2, 0) is 11.3 Å². The fraction of sp³-hybridized carbons (Fsp3) is 0.235. The summed E-state index contributed by atoms with van der Waals surface area (Å²) in [6, 6.07) is 15.0. The van der Waals surface area contributed by atoms with E-state index in [4.69, 9.17) is 11.6 Å². The first-order chi connectivity index (χ1) is 10.5. The van der Waals surface area contributed by atoms with Crippen molar-refractivity contribution in [3.8, 4) is 0 Å². The van der Waals surface area contributed by atoms with Crippen LogP contribution < -0.4 is 5.32 Å². The van der Waals surface area contributed by atoms with E-state index in [-0.39, 0.29) is 11.9 Å². The largest absolute Gasteiger partial charge is 0.323 e. The molecular formula is C17H18BrClN2O. The van der Waals surface area contributed by atoms with E-state index < -0.39 is 0 Å². The topological polar surface area (TPSA) is 32.3 Å². The number of nitrogens with zero attached hydrogens (tertiary/aromatic N) is 1. The molecule has 0 aliphatic heterocycles. The number of halogens is 2. The lowest BCUT2D eigenvalue weighted by Crippen LogP contribution is -2.39. The summed E-state index contributed by atoms with van der Waals surface area (Å²) in [6.45, 7) is 2.58. The molecule has 2 aromatic rings. The molecule has 2 aromatic carbocycles. The van der Waals surface area contributed by atoms with Gasteiger partial charge in [-0.25, -0.2) is 0 Å². The van der Waals surface area contributed by atoms with Crippen molar-refractivity contribution in [2.45, 2.75) is 19.5 Å². The van der Waals surface area contributed by atoms with Gasteiger partial charge in [-0.2, -0.15) is 0 Å². The first kappa shape index (κ1) is 17.0. The van der Waals surface area contributed by atoms with Crippen LogP contribution in [0.25, 0.3) is 0 Å². The second kappa shape index (κ2) is 7.77. The van der Waals surface area contributed by atoms with Crippen molar-refractivity contribution in [1.82, 2.24) is 4.90 Å². The molecule has 1 amide bonds. The first-order valence-corrected chi connectivity index (χ1v) is 8.14. The van der Waals surface area contributed by atoms with E-state index in [2.05, 4.69) is 21.2 Å². The number of anilines is 1. The zero-order chi connectivity index (χ0) is 16.1. The van der Waals surface area contributed by atoms with Gasteiger partial charge in [0, 0.05) is 11.0 Å². The summed E-state index contributed by atoms with van der Waals surface area (Å²) in [5.74, 6) is -0.0762. The van der Waals surface area contributed by atoms with Crippen LogP contribution in [0.15, 0.2) is 53.0 Å². The SMILES string of the molecule is CC(C(=O)Nc1ccccc1Cl)N(C)Cc1ccc(Br)cc1. The quantitative estimate of drug-likeness (QED) is 0.823. The number of hydrogen-bond acceptors (Lipinski definition) is 2. The smallest absolute Gasteiger partial charge is 0.241 e. The average Bonchev–Trinajstić information content (AvgIpc) is 2.51. The van der Waals surface area contributed by atoms with Crippen molar-refractivity contribution < 1.29 is 4.79 Å². The van der Waals surface area contributed by atoms with Crippen molar-refractivity contribution >= 4 is 39.1 Å². The Balaban J connectivity index is 1.97. The Morgan fingerprint density at radius 2 is 1.86 bits per heavy atom. The Hall–Kier alpha value is -1.36. The van der Waals surface area contributed by atoms with Crippen molar-refractivity contribution in [2.24, 2.45) is 0 Å². The number of benzene rings is 2. The normalized spacial score (nSPS) is 12.2. The molecule has 0 aliphatic carbocycles. The average molecular weight is 382 g/mol. The van der Waals surface area contributed by atoms with Crippen LogP contribution in [0.4, 0.5) is 5.69 Å². The van der Waals surface area contributed by atoms with Crippen LogP contribution in [0.5, 0.6) is 0 Å². The number of amides is 1. The predicted octanol–water partition coefficient (Wildman–Crippen LogP) is 4.56. The van der Waals surface area contributed by atoms with Crippen molar-refractivity contribution in [3.05, 3.63) is 63.6 Å². The molecule has 3 nitrogen and oxygen atoms in total. The summed E-state index contributed by atoms with van der Waals surface area (Å²) in [5.41, 5.74) is 1.79. The molecule has 0 radical (unpaired) electrons. The Kier molecular flexibility index (Phi) is 6.00. The van der Waals surface area contributed by atoms with Crippen molar-refractivity contribution in [3.63, 3.8) is 0 Å². The highest BCUT2D eigenvalue weighted by Gasteiger charge is 2.18. The molecule has 0 spiro atoms. The molecular weight excluding hydrogens is 364 g/mol. The van der Waals surface area contributed by atoms with Gasteiger partial charge >= 0.3 is 0 Å². The van der Waals surface area contributed by atoms with Crippen LogP contribution in [0.3, 0.4) is 0 Å². The Morgan fingerprint density at radius 3 is 2.50 bits per heavy atom. The molecule has 0 saturated carbocycles. The highest BCUT2D eigenvalue weighted by Crippen LogP contribution is 2.21. The molecule has 22 heavy (non-hydrogen) atoms. The van der Waals surface area contributed by atoms with Gasteiger partial charge in [-0.1, -0.05) is 51.8 Å². The van der Waals surface area contributed by atoms with Crippen LogP contribution in [0.2, 0.25) is 5.02 Å². The van der Waals surface area contributed by atoms with Gasteiger partial charge in [0.2, 0.25) is 5.91 Å². The van der Waals surface area contributed by atoms with E-state index in [0.717, 1.165) is 10.0 Å². The fourth-order valence-corrected chi connectivity index (χ4v) is 2.46. The molecule has 1 atom stereocenters. The molecule has 0 heterocycles. The lowest BCUT2D eigenvalue weighted by molar-refractivity contribution is -0.120. The molecule has 2 rings (SSSR count). The Bertz CT molecular complexity index is 645. The molecule has 0 saturated heterocycles. The monoisotopic (exact) mass is 380 g/mol. The third-order valence-corrected chi connectivity index (χ3v) is 4.38. The Morgan fingerprint density at radius 1 is 1.23 bits per heavy atom. The van der Waals surface area contributed by atoms with Crippen LogP contribution in [-0.4, -0.2) is 23.9 Å². The van der Waals surface area contributed by atoms with E-state index in [1.165, 1.54) is 0 Å². The first-order valence-electron chi connectivity index (χ1n) is 6.97. The third kappa shape index (κ3) is 4.57. The van der Waals surface area contributed by atoms with Crippen LogP contribution in [0.1, 0.15) is 12.5 Å². The maximum absolute atomic E-state index is 12.3. The summed E-state index contributed by atoms with van der Waals surface area (Å²) < 4.78 is 1.04. The molecule has 0 aromatic heterocycles. The summed E-state index contributed by atoms with van der Waals surface area (Å²) in [5, 5.41) is 3.41. The number of carbonyl (C=O) groups excluding carboxylic acids is 1. The molecule has 116 valence electrons. The number of rotatable bonds is 5. The van der Waals surface area contributed by atoms with Gasteiger partial charge in [0.05, 0.1) is 16.8 Å². The van der Waals surface area contributed by atoms with Gasteiger partial charge in [0.1, 0.15) is 0 Å². The zero-order valence-electron chi connectivity index (χ0n) is 12.5. The van der Waals surface area contributed by atoms with E-state index in [0.29, 0.717) is 17.3 Å². The van der Waals surface area contributed by atoms with Crippen molar-refractivity contribution in [2.75, 3.05) is 12.4 Å². The third-order valence-electron chi connectivity index (χ3n) is 3.52. The van der Waals surface area contributed by atoms with Crippen LogP contribution >= 0.6 is 27.5 Å². The summed E-state index contributed by atoms with van der Waals surface area (Å²) in [4.78, 5) is 14.3. The molecule has 5 heteroatoms. The lowest BCUT2D eigenvalue weighted by Gasteiger charge is -2.24. The number of para-hydroxylation sites is 1. The van der Waals surface area contributed by atoms with Gasteiger partial charge in [0.15, 0.2) is 0 Å². The minimum absolute atomic E-state index is 0.0762. The number of nitrogens with one attached hydrogen (secondary N) is 1. The molecule has 0 aliphatic rings. The molecule has 0 fully saturated rings. The van der Waals surface area contributed by atoms with E-state index in [9.17, 15) is 4.79 Å². The van der Waals surface area contributed by atoms with Crippen molar-refractivity contribution in [1.29, 1.82) is 0 Å². The van der Waals surface area contributed by atoms with E-state index in [1.807, 2.05) is 55.3 Å². The second-order valence-electron chi connectivity index (χ2n) is 5.19. The Labute approximate surface area is 144 Å². The van der Waals surface area contributed by atoms with E-state index >= 15 is 0 Å². The highest BCUT2D eigenvalue weighted by molar-refractivity contribution is 9.10.